The molecule has 0 spiro atoms. The van der Waals surface area contributed by atoms with Crippen molar-refractivity contribution in [3.63, 3.8) is 0 Å². The largest absolute Gasteiger partial charge is 0.337 e. The lowest BCUT2D eigenvalue weighted by atomic mass is 10.2. The minimum atomic E-state index is -4.00. The molecule has 1 heterocycles. The summed E-state index contributed by atoms with van der Waals surface area (Å²) in [6.07, 6.45) is 1.30. The first-order valence-electron chi connectivity index (χ1n) is 9.09. The monoisotopic (exact) mass is 444 g/mol. The summed E-state index contributed by atoms with van der Waals surface area (Å²) in [4.78, 5) is 12.3. The minimum absolute atomic E-state index is 0.0561. The molecule has 158 valence electrons. The van der Waals surface area contributed by atoms with Gasteiger partial charge in [-0.15, -0.1) is 0 Å². The number of carbonyl (C=O) groups is 1. The van der Waals surface area contributed by atoms with Crippen molar-refractivity contribution in [2.45, 2.75) is 16.3 Å². The van der Waals surface area contributed by atoms with Crippen molar-refractivity contribution >= 4 is 32.3 Å². The number of benzene rings is 3. The maximum Gasteiger partial charge on any atom is 0.244 e. The third kappa shape index (κ3) is 4.04. The lowest BCUT2D eigenvalue weighted by Crippen LogP contribution is -2.19. The zero-order chi connectivity index (χ0) is 22.2. The van der Waals surface area contributed by atoms with E-state index in [2.05, 4.69) is 5.32 Å². The number of hydrogen-bond acceptors (Lipinski definition) is 3. The number of halogens is 3. The predicted octanol–water partition coefficient (Wildman–Crippen LogP) is 4.53. The van der Waals surface area contributed by atoms with Crippen LogP contribution in [0.15, 0.2) is 82.7 Å². The number of nitrogens with zero attached hydrogens (tertiary/aromatic N) is 1. The number of carbonyl (C=O) groups excluding carboxylic acids is 1. The number of amides is 1. The highest BCUT2D eigenvalue weighted by atomic mass is 32.2. The Kier molecular flexibility index (Phi) is 5.28. The van der Waals surface area contributed by atoms with E-state index in [1.54, 1.807) is 24.3 Å². The maximum atomic E-state index is 13.8. The van der Waals surface area contributed by atoms with E-state index in [0.717, 1.165) is 42.5 Å². The summed E-state index contributed by atoms with van der Waals surface area (Å²) in [5, 5.41) is 2.66. The van der Waals surface area contributed by atoms with Crippen molar-refractivity contribution in [3.05, 3.63) is 90.4 Å². The number of rotatable bonds is 5. The molecule has 0 aliphatic carbocycles. The molecule has 5 nitrogen and oxygen atoms in total. The number of sulfone groups is 1. The molecule has 1 aromatic heterocycles. The molecule has 0 aliphatic rings. The number of nitrogens with one attached hydrogen (secondary N) is 1. The summed E-state index contributed by atoms with van der Waals surface area (Å²) in [6, 6.07) is 13.6. The summed E-state index contributed by atoms with van der Waals surface area (Å²) < 4.78 is 68.0. The van der Waals surface area contributed by atoms with Gasteiger partial charge in [0.05, 0.1) is 15.5 Å². The van der Waals surface area contributed by atoms with Crippen molar-refractivity contribution < 1.29 is 26.4 Å². The van der Waals surface area contributed by atoms with E-state index in [1.165, 1.54) is 10.8 Å². The van der Waals surface area contributed by atoms with Gasteiger partial charge in [-0.2, -0.15) is 0 Å². The highest BCUT2D eigenvalue weighted by molar-refractivity contribution is 7.91. The first-order chi connectivity index (χ1) is 14.8. The van der Waals surface area contributed by atoms with Crippen molar-refractivity contribution in [1.82, 2.24) is 4.57 Å². The Bertz CT molecular complexity index is 1400. The molecule has 0 atom stereocenters. The van der Waals surface area contributed by atoms with Crippen LogP contribution in [0.2, 0.25) is 0 Å². The van der Waals surface area contributed by atoms with Crippen LogP contribution in [0.5, 0.6) is 0 Å². The van der Waals surface area contributed by atoms with Crippen LogP contribution in [-0.4, -0.2) is 18.9 Å². The molecule has 4 rings (SSSR count). The average molecular weight is 444 g/mol. The molecule has 0 unspecified atom stereocenters. The van der Waals surface area contributed by atoms with Gasteiger partial charge in [-0.25, -0.2) is 21.6 Å². The molecule has 0 fully saturated rings. The summed E-state index contributed by atoms with van der Waals surface area (Å²) >= 11 is 0. The minimum Gasteiger partial charge on any atom is -0.337 e. The van der Waals surface area contributed by atoms with Gasteiger partial charge in [0, 0.05) is 23.2 Å². The van der Waals surface area contributed by atoms with Crippen LogP contribution < -0.4 is 5.32 Å². The molecule has 0 bridgehead atoms. The van der Waals surface area contributed by atoms with Gasteiger partial charge in [0.15, 0.2) is 0 Å². The zero-order valence-corrected chi connectivity index (χ0v) is 16.7. The van der Waals surface area contributed by atoms with Gasteiger partial charge in [0.1, 0.15) is 24.0 Å². The topological polar surface area (TPSA) is 68.2 Å². The Hall–Kier alpha value is -3.59. The Morgan fingerprint density at radius 3 is 2.32 bits per heavy atom. The molecule has 4 aromatic rings. The maximum absolute atomic E-state index is 13.8. The van der Waals surface area contributed by atoms with Crippen LogP contribution in [0.1, 0.15) is 0 Å². The number of anilines is 1. The second-order valence-corrected chi connectivity index (χ2v) is 8.69. The molecule has 0 aliphatic heterocycles. The van der Waals surface area contributed by atoms with Gasteiger partial charge in [-0.1, -0.05) is 18.2 Å². The van der Waals surface area contributed by atoms with Gasteiger partial charge in [-0.3, -0.25) is 4.79 Å². The Morgan fingerprint density at radius 1 is 0.903 bits per heavy atom. The molecule has 3 aromatic carbocycles. The van der Waals surface area contributed by atoms with Gasteiger partial charge in [0.25, 0.3) is 0 Å². The second-order valence-electron chi connectivity index (χ2n) is 6.77. The van der Waals surface area contributed by atoms with Crippen LogP contribution in [0.3, 0.4) is 0 Å². The predicted molar refractivity (Wildman–Crippen MR) is 109 cm³/mol. The van der Waals surface area contributed by atoms with E-state index in [4.69, 9.17) is 0 Å². The van der Waals surface area contributed by atoms with E-state index >= 15 is 0 Å². The highest BCUT2D eigenvalue weighted by Crippen LogP contribution is 2.30. The van der Waals surface area contributed by atoms with Crippen LogP contribution in [0, 0.1) is 17.5 Å². The summed E-state index contributed by atoms with van der Waals surface area (Å²) in [6.45, 7) is -0.338. The third-order valence-corrected chi connectivity index (χ3v) is 6.48. The lowest BCUT2D eigenvalue weighted by Gasteiger charge is -2.08. The van der Waals surface area contributed by atoms with Crippen molar-refractivity contribution in [2.75, 3.05) is 5.32 Å². The zero-order valence-electron chi connectivity index (χ0n) is 15.8. The molecule has 0 saturated heterocycles. The van der Waals surface area contributed by atoms with Gasteiger partial charge in [0.2, 0.25) is 15.7 Å². The Balaban J connectivity index is 1.71. The van der Waals surface area contributed by atoms with Crippen LogP contribution in [0.25, 0.3) is 10.9 Å². The number of hydrogen-bond donors (Lipinski definition) is 1. The molecular weight excluding hydrogens is 429 g/mol. The smallest absolute Gasteiger partial charge is 0.244 e. The first-order valence-corrected chi connectivity index (χ1v) is 10.6. The van der Waals surface area contributed by atoms with Crippen molar-refractivity contribution in [2.24, 2.45) is 0 Å². The first kappa shape index (κ1) is 20.7. The van der Waals surface area contributed by atoms with E-state index in [9.17, 15) is 26.4 Å². The number of para-hydroxylation sites is 1. The number of aromatic nitrogens is 1. The molecule has 9 heteroatoms. The fraction of sp³-hybridized carbons (Fsp3) is 0.0455. The molecule has 0 radical (unpaired) electrons. The normalized spacial score (nSPS) is 11.6. The van der Waals surface area contributed by atoms with Crippen LogP contribution in [0.4, 0.5) is 18.9 Å². The fourth-order valence-corrected chi connectivity index (χ4v) is 4.71. The quantitative estimate of drug-likeness (QED) is 0.460. The second kappa shape index (κ2) is 7.92. The van der Waals surface area contributed by atoms with E-state index in [1.807, 2.05) is 0 Å². The average Bonchev–Trinajstić information content (AvgIpc) is 3.10. The van der Waals surface area contributed by atoms with Crippen molar-refractivity contribution in [1.29, 1.82) is 0 Å². The third-order valence-electron chi connectivity index (χ3n) is 4.68. The molecule has 1 amide bonds. The molecular formula is C22H15F3N2O3S. The van der Waals surface area contributed by atoms with Gasteiger partial charge in [-0.05, 0) is 42.5 Å². The fourth-order valence-electron chi connectivity index (χ4n) is 3.24. The summed E-state index contributed by atoms with van der Waals surface area (Å²) in [5.74, 6) is -2.75. The highest BCUT2D eigenvalue weighted by Gasteiger charge is 2.24. The van der Waals surface area contributed by atoms with E-state index in [-0.39, 0.29) is 22.0 Å². The van der Waals surface area contributed by atoms with Crippen LogP contribution >= 0.6 is 0 Å². The Labute approximate surface area is 175 Å². The summed E-state index contributed by atoms with van der Waals surface area (Å²) in [5.41, 5.74) is 0.138. The molecule has 1 N–H and O–H groups in total. The summed E-state index contributed by atoms with van der Waals surface area (Å²) in [7, 11) is -4.00. The van der Waals surface area contributed by atoms with E-state index < -0.39 is 33.2 Å². The van der Waals surface area contributed by atoms with Crippen molar-refractivity contribution in [3.8, 4) is 0 Å². The molecule has 31 heavy (non-hydrogen) atoms. The van der Waals surface area contributed by atoms with E-state index in [0.29, 0.717) is 10.9 Å². The van der Waals surface area contributed by atoms with Gasteiger partial charge < -0.3 is 9.88 Å². The van der Waals surface area contributed by atoms with Gasteiger partial charge >= 0.3 is 0 Å². The standard InChI is InChI=1S/C22H15F3N2O3S/c23-14-5-8-16(9-6-14)31(29,30)21-12-27(20-4-2-1-3-17(20)21)13-22(28)26-19-11-15(24)7-10-18(19)25/h1-12H,13H2,(H,26,28). The Morgan fingerprint density at radius 2 is 1.58 bits per heavy atom. The SMILES string of the molecule is O=C(Cn1cc(S(=O)(=O)c2ccc(F)cc2)c2ccccc21)Nc1cc(F)ccc1F. The lowest BCUT2D eigenvalue weighted by molar-refractivity contribution is -0.116. The number of fused-ring (bicyclic) bond motifs is 1. The van der Waals surface area contributed by atoms with Crippen LogP contribution in [-0.2, 0) is 21.2 Å². The molecule has 0 saturated carbocycles.